The van der Waals surface area contributed by atoms with Crippen molar-refractivity contribution < 1.29 is 14.6 Å². The van der Waals surface area contributed by atoms with E-state index in [0.717, 1.165) is 37.3 Å². The van der Waals surface area contributed by atoms with Crippen LogP contribution in [0.15, 0.2) is 42.6 Å². The van der Waals surface area contributed by atoms with E-state index in [0.29, 0.717) is 11.8 Å². The lowest BCUT2D eigenvalue weighted by Gasteiger charge is -2.26. The fourth-order valence-corrected chi connectivity index (χ4v) is 3.41. The molecule has 0 spiro atoms. The van der Waals surface area contributed by atoms with Crippen LogP contribution in [0, 0.1) is 0 Å². The number of carbonyl (C=O) groups is 1. The molecule has 1 fully saturated rings. The monoisotopic (exact) mass is 355 g/mol. The highest BCUT2D eigenvalue weighted by molar-refractivity contribution is 5.68. The number of benzene rings is 1. The first kappa shape index (κ1) is 18.2. The Morgan fingerprint density at radius 1 is 1.35 bits per heavy atom. The van der Waals surface area contributed by atoms with E-state index in [9.17, 15) is 4.79 Å². The zero-order valence-electron chi connectivity index (χ0n) is 15.3. The Balaban J connectivity index is 1.77. The molecule has 1 aromatic carbocycles. The Kier molecular flexibility index (Phi) is 5.73. The van der Waals surface area contributed by atoms with Crippen LogP contribution in [0.5, 0.6) is 5.75 Å². The number of aliphatic carboxylic acids is 1. The van der Waals surface area contributed by atoms with Gasteiger partial charge >= 0.3 is 5.97 Å². The predicted molar refractivity (Wildman–Crippen MR) is 101 cm³/mol. The Hall–Kier alpha value is -2.60. The van der Waals surface area contributed by atoms with E-state index in [1.807, 2.05) is 49.5 Å². The summed E-state index contributed by atoms with van der Waals surface area (Å²) in [6.07, 6.45) is 4.11. The van der Waals surface area contributed by atoms with Crippen LogP contribution in [-0.4, -0.2) is 48.2 Å². The SMILES string of the molecule is CN(C)c1cc([C@H]2CCCN2Cc2ccccc2OCC(=O)O)ccn1. The predicted octanol–water partition coefficient (Wildman–Crippen LogP) is 2.95. The lowest BCUT2D eigenvalue weighted by Crippen LogP contribution is -2.24. The molecule has 6 nitrogen and oxygen atoms in total. The lowest BCUT2D eigenvalue weighted by molar-refractivity contribution is -0.139. The van der Waals surface area contributed by atoms with E-state index in [-0.39, 0.29) is 6.61 Å². The van der Waals surface area contributed by atoms with Crippen molar-refractivity contribution in [1.82, 2.24) is 9.88 Å². The number of carboxylic acids is 1. The number of para-hydroxylation sites is 1. The molecule has 0 amide bonds. The van der Waals surface area contributed by atoms with Crippen molar-refractivity contribution in [3.05, 3.63) is 53.7 Å². The quantitative estimate of drug-likeness (QED) is 0.824. The molecule has 0 bridgehead atoms. The fraction of sp³-hybridized carbons (Fsp3) is 0.400. The Labute approximate surface area is 154 Å². The molecule has 0 radical (unpaired) electrons. The molecule has 26 heavy (non-hydrogen) atoms. The molecule has 138 valence electrons. The summed E-state index contributed by atoms with van der Waals surface area (Å²) in [4.78, 5) is 19.7. The number of ether oxygens (including phenoxy) is 1. The lowest BCUT2D eigenvalue weighted by atomic mass is 10.0. The number of aromatic nitrogens is 1. The molecule has 1 aliphatic heterocycles. The van der Waals surface area contributed by atoms with Crippen LogP contribution in [0.1, 0.15) is 30.0 Å². The summed E-state index contributed by atoms with van der Waals surface area (Å²) in [5.74, 6) is 0.635. The topological polar surface area (TPSA) is 65.9 Å². The number of likely N-dealkylation sites (tertiary alicyclic amines) is 1. The van der Waals surface area contributed by atoms with E-state index < -0.39 is 5.97 Å². The molecule has 1 atom stereocenters. The van der Waals surface area contributed by atoms with Crippen molar-refractivity contribution in [2.24, 2.45) is 0 Å². The molecule has 3 rings (SSSR count). The number of nitrogens with zero attached hydrogens (tertiary/aromatic N) is 3. The maximum Gasteiger partial charge on any atom is 0.341 e. The third-order valence-electron chi connectivity index (χ3n) is 4.67. The summed E-state index contributed by atoms with van der Waals surface area (Å²) in [7, 11) is 3.99. The molecular weight excluding hydrogens is 330 g/mol. The van der Waals surface area contributed by atoms with Gasteiger partial charge < -0.3 is 14.7 Å². The van der Waals surface area contributed by atoms with Crippen LogP contribution in [0.3, 0.4) is 0 Å². The van der Waals surface area contributed by atoms with Crippen LogP contribution in [0.2, 0.25) is 0 Å². The van der Waals surface area contributed by atoms with Crippen molar-refractivity contribution in [2.75, 3.05) is 32.1 Å². The van der Waals surface area contributed by atoms with E-state index in [1.54, 1.807) is 0 Å². The van der Waals surface area contributed by atoms with E-state index in [2.05, 4.69) is 22.0 Å². The normalized spacial score (nSPS) is 17.2. The van der Waals surface area contributed by atoms with Gasteiger partial charge in [-0.2, -0.15) is 0 Å². The number of anilines is 1. The molecule has 2 heterocycles. The minimum absolute atomic E-state index is 0.322. The van der Waals surface area contributed by atoms with E-state index >= 15 is 0 Å². The second-order valence-electron chi connectivity index (χ2n) is 6.76. The van der Waals surface area contributed by atoms with Gasteiger partial charge in [0, 0.05) is 38.4 Å². The highest BCUT2D eigenvalue weighted by atomic mass is 16.5. The second kappa shape index (κ2) is 8.19. The van der Waals surface area contributed by atoms with Gasteiger partial charge in [-0.05, 0) is 43.1 Å². The van der Waals surface area contributed by atoms with Crippen LogP contribution >= 0.6 is 0 Å². The molecular formula is C20H25N3O3. The number of hydrogen-bond donors (Lipinski definition) is 1. The largest absolute Gasteiger partial charge is 0.482 e. The standard InChI is InChI=1S/C20H25N3O3/c1-22(2)19-12-15(9-10-21-19)17-7-5-11-23(17)13-16-6-3-4-8-18(16)26-14-20(24)25/h3-4,6,8-10,12,17H,5,7,11,13-14H2,1-2H3,(H,24,25)/t17-/m1/s1. The van der Waals surface area contributed by atoms with Gasteiger partial charge in [0.1, 0.15) is 11.6 Å². The Morgan fingerprint density at radius 3 is 2.92 bits per heavy atom. The van der Waals surface area contributed by atoms with Crippen LogP contribution < -0.4 is 9.64 Å². The zero-order chi connectivity index (χ0) is 18.5. The average Bonchev–Trinajstić information content (AvgIpc) is 3.09. The van der Waals surface area contributed by atoms with E-state index in [4.69, 9.17) is 9.84 Å². The molecule has 1 aliphatic rings. The van der Waals surface area contributed by atoms with Crippen LogP contribution in [-0.2, 0) is 11.3 Å². The van der Waals surface area contributed by atoms with Crippen molar-refractivity contribution in [3.63, 3.8) is 0 Å². The summed E-state index contributed by atoms with van der Waals surface area (Å²) in [6, 6.07) is 12.2. The van der Waals surface area contributed by atoms with E-state index in [1.165, 1.54) is 5.56 Å². The maximum atomic E-state index is 10.8. The Bertz CT molecular complexity index is 763. The van der Waals surface area contributed by atoms with Crippen molar-refractivity contribution in [2.45, 2.75) is 25.4 Å². The second-order valence-corrected chi connectivity index (χ2v) is 6.76. The van der Waals surface area contributed by atoms with Gasteiger partial charge in [0.05, 0.1) is 0 Å². The first-order valence-corrected chi connectivity index (χ1v) is 8.84. The third kappa shape index (κ3) is 4.32. The molecule has 0 unspecified atom stereocenters. The molecule has 1 aromatic heterocycles. The smallest absolute Gasteiger partial charge is 0.341 e. The molecule has 6 heteroatoms. The zero-order valence-corrected chi connectivity index (χ0v) is 15.3. The van der Waals surface area contributed by atoms with Crippen molar-refractivity contribution in [1.29, 1.82) is 0 Å². The first-order chi connectivity index (χ1) is 12.5. The minimum atomic E-state index is -0.966. The third-order valence-corrected chi connectivity index (χ3v) is 4.67. The van der Waals surface area contributed by atoms with Crippen molar-refractivity contribution in [3.8, 4) is 5.75 Å². The number of carboxylic acid groups (broad SMARTS) is 1. The van der Waals surface area contributed by atoms with Gasteiger partial charge in [0.2, 0.25) is 0 Å². The molecule has 2 aromatic rings. The molecule has 0 saturated carbocycles. The highest BCUT2D eigenvalue weighted by Gasteiger charge is 2.27. The van der Waals surface area contributed by atoms with Crippen molar-refractivity contribution >= 4 is 11.8 Å². The van der Waals surface area contributed by atoms with Gasteiger partial charge in [-0.15, -0.1) is 0 Å². The summed E-state index contributed by atoms with van der Waals surface area (Å²) < 4.78 is 5.46. The summed E-state index contributed by atoms with van der Waals surface area (Å²) in [5.41, 5.74) is 2.28. The van der Waals surface area contributed by atoms with Gasteiger partial charge in [-0.3, -0.25) is 4.90 Å². The average molecular weight is 355 g/mol. The number of pyridine rings is 1. The molecule has 0 aliphatic carbocycles. The van der Waals surface area contributed by atoms with Gasteiger partial charge in [-0.1, -0.05) is 18.2 Å². The van der Waals surface area contributed by atoms with Crippen LogP contribution in [0.4, 0.5) is 5.82 Å². The van der Waals surface area contributed by atoms with Gasteiger partial charge in [0.15, 0.2) is 6.61 Å². The fourth-order valence-electron chi connectivity index (χ4n) is 3.41. The van der Waals surface area contributed by atoms with Gasteiger partial charge in [0.25, 0.3) is 0 Å². The summed E-state index contributed by atoms with van der Waals surface area (Å²) in [6.45, 7) is 1.43. The number of hydrogen-bond acceptors (Lipinski definition) is 5. The minimum Gasteiger partial charge on any atom is -0.482 e. The molecule has 1 N–H and O–H groups in total. The van der Waals surface area contributed by atoms with Crippen LogP contribution in [0.25, 0.3) is 0 Å². The van der Waals surface area contributed by atoms with Gasteiger partial charge in [-0.25, -0.2) is 9.78 Å². The Morgan fingerprint density at radius 2 is 2.15 bits per heavy atom. The highest BCUT2D eigenvalue weighted by Crippen LogP contribution is 2.35. The number of rotatable bonds is 7. The summed E-state index contributed by atoms with van der Waals surface area (Å²) >= 11 is 0. The first-order valence-electron chi connectivity index (χ1n) is 8.84. The molecule has 1 saturated heterocycles. The summed E-state index contributed by atoms with van der Waals surface area (Å²) in [5, 5.41) is 8.87. The maximum absolute atomic E-state index is 10.8.